The highest BCUT2D eigenvalue weighted by Crippen LogP contribution is 2.56. The molecule has 0 radical (unpaired) electrons. The summed E-state index contributed by atoms with van der Waals surface area (Å²) in [5, 5.41) is 0. The standard InChI is InChI=1S/C66H40B2N4O2S2/c1-3-19-41(20-4-1)69-53-40-54-48(39-47(53)67-45-23-7-13-29-57(45)73-59-37-43(35-55(69)65(59)67)71-49-25-9-15-31-61(49)75-62-32-16-10-26-50(62)71)68-46-24-8-14-30-58(46)74-60-38-44(36-56(66(60)68)70(54)42-21-5-2-6-22-42)72-51-27-11-17-33-63(51)76-64-34-18-12-28-52(64)72/h1-40H. The molecular weight excluding hydrogens is 967 g/mol. The molecule has 0 aromatic heterocycles. The van der Waals surface area contributed by atoms with Gasteiger partial charge >= 0.3 is 0 Å². The fourth-order valence-corrected chi connectivity index (χ4v) is 14.9. The Morgan fingerprint density at radius 1 is 0.250 bits per heavy atom. The molecule has 0 N–H and O–H groups in total. The van der Waals surface area contributed by atoms with Gasteiger partial charge < -0.3 is 29.1 Å². The van der Waals surface area contributed by atoms with Crippen LogP contribution in [-0.4, -0.2) is 13.4 Å². The van der Waals surface area contributed by atoms with Crippen molar-refractivity contribution in [3.05, 3.63) is 243 Å². The van der Waals surface area contributed by atoms with Crippen LogP contribution in [-0.2, 0) is 0 Å². The van der Waals surface area contributed by atoms with Crippen molar-refractivity contribution in [3.8, 4) is 23.0 Å². The van der Waals surface area contributed by atoms with Crippen molar-refractivity contribution in [3.63, 3.8) is 0 Å². The molecule has 11 aromatic carbocycles. The largest absolute Gasteiger partial charge is 0.458 e. The predicted octanol–water partition coefficient (Wildman–Crippen LogP) is 14.4. The predicted molar refractivity (Wildman–Crippen MR) is 316 cm³/mol. The van der Waals surface area contributed by atoms with Crippen molar-refractivity contribution in [2.75, 3.05) is 19.6 Å². The summed E-state index contributed by atoms with van der Waals surface area (Å²) in [4.78, 5) is 14.7. The third-order valence-corrected chi connectivity index (χ3v) is 18.1. The SMILES string of the molecule is c1ccc(N2c3cc4c(cc3B3c5ccccc5Oc5cc(N6c7ccccc7Sc7ccccc76)cc2c53)B2c3ccccc3Oc3cc(N5c6ccccc6Sc6ccccc65)cc(c32)N4c2ccccc2)cc1. The van der Waals surface area contributed by atoms with E-state index in [-0.39, 0.29) is 13.4 Å². The monoisotopic (exact) mass is 1010 g/mol. The van der Waals surface area contributed by atoms with E-state index in [0.29, 0.717) is 0 Å². The number of nitrogens with zero attached hydrogens (tertiary/aromatic N) is 4. The van der Waals surface area contributed by atoms with Gasteiger partial charge in [-0.3, -0.25) is 0 Å². The van der Waals surface area contributed by atoms with E-state index in [9.17, 15) is 0 Å². The van der Waals surface area contributed by atoms with Gasteiger partial charge in [-0.1, -0.05) is 151 Å². The second-order valence-corrected chi connectivity index (χ2v) is 22.1. The average Bonchev–Trinajstić information content (AvgIpc) is 3.51. The summed E-state index contributed by atoms with van der Waals surface area (Å²) in [5.74, 6) is 3.46. The maximum atomic E-state index is 7.20. The van der Waals surface area contributed by atoms with Crippen LogP contribution in [0.15, 0.2) is 262 Å². The van der Waals surface area contributed by atoms with E-state index in [0.717, 1.165) is 113 Å². The van der Waals surface area contributed by atoms with Crippen LogP contribution in [0.2, 0.25) is 0 Å². The van der Waals surface area contributed by atoms with E-state index in [4.69, 9.17) is 9.47 Å². The molecule has 6 nitrogen and oxygen atoms in total. The molecule has 0 saturated heterocycles. The minimum Gasteiger partial charge on any atom is -0.458 e. The average molecular weight is 1010 g/mol. The molecule has 10 heteroatoms. The third kappa shape index (κ3) is 6.11. The summed E-state index contributed by atoms with van der Waals surface area (Å²) in [6, 6.07) is 88.5. The van der Waals surface area contributed by atoms with E-state index in [2.05, 4.69) is 262 Å². The molecule has 6 heterocycles. The van der Waals surface area contributed by atoms with Crippen molar-refractivity contribution in [1.82, 2.24) is 0 Å². The van der Waals surface area contributed by atoms with Crippen LogP contribution in [0.4, 0.5) is 68.2 Å². The van der Waals surface area contributed by atoms with Crippen LogP contribution in [0.25, 0.3) is 0 Å². The molecular formula is C66H40B2N4O2S2. The Hall–Kier alpha value is -8.95. The molecule has 354 valence electrons. The van der Waals surface area contributed by atoms with Gasteiger partial charge in [-0.15, -0.1) is 0 Å². The first-order valence-corrected chi connectivity index (χ1v) is 27.4. The lowest BCUT2D eigenvalue weighted by Gasteiger charge is -2.45. The van der Waals surface area contributed by atoms with Crippen LogP contribution >= 0.6 is 23.5 Å². The Labute approximate surface area is 449 Å². The van der Waals surface area contributed by atoms with Gasteiger partial charge in [0.2, 0.25) is 0 Å². The highest BCUT2D eigenvalue weighted by Gasteiger charge is 2.48. The lowest BCUT2D eigenvalue weighted by molar-refractivity contribution is 0.487. The topological polar surface area (TPSA) is 31.4 Å². The minimum absolute atomic E-state index is 0.138. The first kappa shape index (κ1) is 42.4. The quantitative estimate of drug-likeness (QED) is 0.161. The zero-order valence-corrected chi connectivity index (χ0v) is 42.3. The molecule has 17 rings (SSSR count). The van der Waals surface area contributed by atoms with Gasteiger partial charge in [0.05, 0.1) is 34.1 Å². The van der Waals surface area contributed by atoms with Gasteiger partial charge in [0.1, 0.15) is 23.0 Å². The molecule has 6 aliphatic heterocycles. The number of anilines is 12. The van der Waals surface area contributed by atoms with Gasteiger partial charge in [0.25, 0.3) is 13.4 Å². The normalized spacial score (nSPS) is 14.3. The van der Waals surface area contributed by atoms with Crippen molar-refractivity contribution in [2.24, 2.45) is 0 Å². The lowest BCUT2D eigenvalue weighted by Crippen LogP contribution is -2.63. The van der Waals surface area contributed by atoms with Crippen LogP contribution in [0, 0.1) is 0 Å². The summed E-state index contributed by atoms with van der Waals surface area (Å²) < 4.78 is 14.4. The number of benzene rings is 11. The maximum absolute atomic E-state index is 7.20. The molecule has 0 fully saturated rings. The number of hydrogen-bond acceptors (Lipinski definition) is 8. The summed E-state index contributed by atoms with van der Waals surface area (Å²) in [6.07, 6.45) is 0. The molecule has 0 unspecified atom stereocenters. The van der Waals surface area contributed by atoms with Gasteiger partial charge in [-0.2, -0.15) is 0 Å². The Morgan fingerprint density at radius 2 is 0.592 bits per heavy atom. The third-order valence-electron chi connectivity index (χ3n) is 15.9. The Balaban J connectivity index is 0.955. The van der Waals surface area contributed by atoms with Crippen molar-refractivity contribution in [1.29, 1.82) is 0 Å². The van der Waals surface area contributed by atoms with E-state index < -0.39 is 0 Å². The number of para-hydroxylation sites is 8. The zero-order chi connectivity index (χ0) is 49.6. The van der Waals surface area contributed by atoms with Gasteiger partial charge in [-0.05, 0) is 136 Å². The fraction of sp³-hybridized carbons (Fsp3) is 0. The molecule has 0 amide bonds. The number of fused-ring (bicyclic) bond motifs is 12. The van der Waals surface area contributed by atoms with Crippen molar-refractivity contribution in [2.45, 2.75) is 19.6 Å². The van der Waals surface area contributed by atoms with Crippen LogP contribution < -0.4 is 61.9 Å². The van der Waals surface area contributed by atoms with Crippen LogP contribution in [0.3, 0.4) is 0 Å². The number of rotatable bonds is 4. The molecule has 0 saturated carbocycles. The number of ether oxygens (including phenoxy) is 2. The van der Waals surface area contributed by atoms with Crippen molar-refractivity contribution < 1.29 is 9.47 Å². The second-order valence-electron chi connectivity index (χ2n) is 20.0. The van der Waals surface area contributed by atoms with Gasteiger partial charge in [0, 0.05) is 65.8 Å². The molecule has 0 spiro atoms. The van der Waals surface area contributed by atoms with Gasteiger partial charge in [0.15, 0.2) is 0 Å². The first-order chi connectivity index (χ1) is 37.7. The Bertz CT molecular complexity index is 3910. The van der Waals surface area contributed by atoms with Crippen LogP contribution in [0.5, 0.6) is 23.0 Å². The molecule has 0 bridgehead atoms. The summed E-state index contributed by atoms with van der Waals surface area (Å²) in [6.45, 7) is -0.275. The molecule has 6 aliphatic rings. The van der Waals surface area contributed by atoms with Gasteiger partial charge in [-0.25, -0.2) is 0 Å². The molecule has 11 aromatic rings. The lowest BCUT2D eigenvalue weighted by atomic mass is 9.31. The minimum atomic E-state index is -0.138. The van der Waals surface area contributed by atoms with Crippen molar-refractivity contribution >= 4 is 138 Å². The highest BCUT2D eigenvalue weighted by atomic mass is 32.2. The number of hydrogen-bond donors (Lipinski definition) is 0. The summed E-state index contributed by atoms with van der Waals surface area (Å²) in [7, 11) is 0. The van der Waals surface area contributed by atoms with E-state index >= 15 is 0 Å². The van der Waals surface area contributed by atoms with E-state index in [1.807, 2.05) is 23.5 Å². The maximum Gasteiger partial charge on any atom is 0.256 e. The Kier molecular flexibility index (Phi) is 9.08. The zero-order valence-electron chi connectivity index (χ0n) is 40.7. The highest BCUT2D eigenvalue weighted by molar-refractivity contribution is 8.00. The molecule has 76 heavy (non-hydrogen) atoms. The fourth-order valence-electron chi connectivity index (χ4n) is 12.8. The first-order valence-electron chi connectivity index (χ1n) is 25.8. The Morgan fingerprint density at radius 3 is 1.00 bits per heavy atom. The van der Waals surface area contributed by atoms with E-state index in [1.54, 1.807) is 0 Å². The molecule has 0 aliphatic carbocycles. The summed E-state index contributed by atoms with van der Waals surface area (Å²) in [5.41, 5.74) is 20.2. The molecule has 0 atom stereocenters. The smallest absolute Gasteiger partial charge is 0.256 e. The second kappa shape index (κ2) is 16.3. The summed E-state index contributed by atoms with van der Waals surface area (Å²) >= 11 is 3.65. The van der Waals surface area contributed by atoms with E-state index in [1.165, 1.54) is 30.5 Å². The van der Waals surface area contributed by atoms with Crippen LogP contribution in [0.1, 0.15) is 0 Å².